The van der Waals surface area contributed by atoms with Crippen molar-refractivity contribution in [2.45, 2.75) is 13.0 Å². The second-order valence-corrected chi connectivity index (χ2v) is 2.18. The van der Waals surface area contributed by atoms with E-state index in [1.54, 1.807) is 0 Å². The van der Waals surface area contributed by atoms with Crippen LogP contribution in [-0.4, -0.2) is 58.3 Å². The van der Waals surface area contributed by atoms with Crippen molar-refractivity contribution in [3.05, 3.63) is 0 Å². The van der Waals surface area contributed by atoms with Crippen molar-refractivity contribution >= 4 is 11.9 Å². The fraction of sp³-hybridized carbons (Fsp3) is 0.714. The molecular formula is C7H14O7. The molecule has 0 aliphatic heterocycles. The number of aliphatic carboxylic acids is 2. The average Bonchev–Trinajstić information content (AvgIpc) is 2.05. The van der Waals surface area contributed by atoms with Gasteiger partial charge in [0.1, 0.15) is 12.7 Å². The largest absolute Gasteiger partial charge is 0.480 e. The van der Waals surface area contributed by atoms with E-state index >= 15 is 0 Å². The Morgan fingerprint density at radius 1 is 1.36 bits per heavy atom. The summed E-state index contributed by atoms with van der Waals surface area (Å²) in [5.41, 5.74) is 0. The van der Waals surface area contributed by atoms with Crippen molar-refractivity contribution < 1.29 is 34.8 Å². The fourth-order valence-electron chi connectivity index (χ4n) is 0.224. The van der Waals surface area contributed by atoms with Crippen LogP contribution in [0.4, 0.5) is 0 Å². The third kappa shape index (κ3) is 17.1. The molecule has 7 heteroatoms. The molecule has 0 spiro atoms. The van der Waals surface area contributed by atoms with Gasteiger partial charge in [0, 0.05) is 0 Å². The summed E-state index contributed by atoms with van der Waals surface area (Å²) in [5.74, 6) is -2.20. The summed E-state index contributed by atoms with van der Waals surface area (Å²) >= 11 is 0. The van der Waals surface area contributed by atoms with Crippen molar-refractivity contribution in [2.75, 3.05) is 19.8 Å². The van der Waals surface area contributed by atoms with Gasteiger partial charge in [-0.15, -0.1) is 0 Å². The molecule has 84 valence electrons. The minimum atomic E-state index is -1.23. The summed E-state index contributed by atoms with van der Waals surface area (Å²) in [6.07, 6.45) is -1.23. The first-order valence-corrected chi connectivity index (χ1v) is 3.73. The molecule has 0 rings (SSSR count). The predicted octanol–water partition coefficient (Wildman–Crippen LogP) is -1.47. The Bertz CT molecular complexity index is 165. The molecule has 1 atom stereocenters. The standard InChI is InChI=1S/C4H8O4.C3H6O3/c5-1-2-8-3-4(6)7;1-2(4)3(5)6/h5H,1-3H2,(H,6,7);2,4H,1H3,(H,5,6). The number of carboxylic acids is 2. The summed E-state index contributed by atoms with van der Waals surface area (Å²) in [6.45, 7) is 0.822. The third-order valence-electron chi connectivity index (χ3n) is 0.819. The topological polar surface area (TPSA) is 124 Å². The third-order valence-corrected chi connectivity index (χ3v) is 0.819. The zero-order valence-corrected chi connectivity index (χ0v) is 7.71. The van der Waals surface area contributed by atoms with Gasteiger partial charge in [0.05, 0.1) is 13.2 Å². The van der Waals surface area contributed by atoms with E-state index in [0.717, 1.165) is 0 Å². The molecular weight excluding hydrogens is 196 g/mol. The predicted molar refractivity (Wildman–Crippen MR) is 44.9 cm³/mol. The Kier molecular flexibility index (Phi) is 10.8. The zero-order valence-electron chi connectivity index (χ0n) is 7.71. The van der Waals surface area contributed by atoms with E-state index in [2.05, 4.69) is 4.74 Å². The summed E-state index contributed by atoms with van der Waals surface area (Å²) < 4.78 is 4.39. The SMILES string of the molecule is CC(O)C(=O)O.O=C(O)COCCO. The highest BCUT2D eigenvalue weighted by Gasteiger charge is 2.01. The molecule has 0 saturated carbocycles. The van der Waals surface area contributed by atoms with E-state index < -0.39 is 18.0 Å². The van der Waals surface area contributed by atoms with E-state index in [0.29, 0.717) is 0 Å². The molecule has 0 amide bonds. The van der Waals surface area contributed by atoms with E-state index in [1.165, 1.54) is 6.92 Å². The van der Waals surface area contributed by atoms with Crippen molar-refractivity contribution in [2.24, 2.45) is 0 Å². The molecule has 0 saturated heterocycles. The van der Waals surface area contributed by atoms with Crippen LogP contribution in [0, 0.1) is 0 Å². The molecule has 0 aliphatic carbocycles. The Morgan fingerprint density at radius 3 is 2.00 bits per heavy atom. The Balaban J connectivity index is 0. The van der Waals surface area contributed by atoms with Crippen LogP contribution in [0.5, 0.6) is 0 Å². The molecule has 0 aromatic rings. The molecule has 0 aliphatic rings. The molecule has 14 heavy (non-hydrogen) atoms. The van der Waals surface area contributed by atoms with E-state index in [-0.39, 0.29) is 19.8 Å². The van der Waals surface area contributed by atoms with Gasteiger partial charge in [-0.05, 0) is 6.92 Å². The van der Waals surface area contributed by atoms with Gasteiger partial charge in [0.15, 0.2) is 0 Å². The first kappa shape index (κ1) is 15.3. The number of aliphatic hydroxyl groups excluding tert-OH is 2. The number of carboxylic acid groups (broad SMARTS) is 2. The molecule has 0 aromatic heterocycles. The highest BCUT2D eigenvalue weighted by Crippen LogP contribution is 1.73. The number of aliphatic hydroxyl groups is 2. The van der Waals surface area contributed by atoms with Crippen molar-refractivity contribution in [1.29, 1.82) is 0 Å². The van der Waals surface area contributed by atoms with Gasteiger partial charge in [-0.3, -0.25) is 0 Å². The van der Waals surface area contributed by atoms with Crippen LogP contribution in [-0.2, 0) is 14.3 Å². The van der Waals surface area contributed by atoms with Crippen LogP contribution < -0.4 is 0 Å². The van der Waals surface area contributed by atoms with Gasteiger partial charge >= 0.3 is 11.9 Å². The lowest BCUT2D eigenvalue weighted by Gasteiger charge is -1.93. The Labute approximate surface area is 80.5 Å². The maximum atomic E-state index is 9.67. The van der Waals surface area contributed by atoms with E-state index in [9.17, 15) is 9.59 Å². The average molecular weight is 210 g/mol. The zero-order chi connectivity index (χ0) is 11.6. The highest BCUT2D eigenvalue weighted by atomic mass is 16.5. The highest BCUT2D eigenvalue weighted by molar-refractivity contribution is 5.71. The van der Waals surface area contributed by atoms with Gasteiger partial charge < -0.3 is 25.2 Å². The molecule has 1 unspecified atom stereocenters. The van der Waals surface area contributed by atoms with Crippen molar-refractivity contribution in [3.63, 3.8) is 0 Å². The van der Waals surface area contributed by atoms with Crippen molar-refractivity contribution in [3.8, 4) is 0 Å². The number of carbonyl (C=O) groups is 2. The van der Waals surface area contributed by atoms with Gasteiger partial charge in [0.25, 0.3) is 0 Å². The Hall–Kier alpha value is -1.18. The van der Waals surface area contributed by atoms with Gasteiger partial charge in [-0.2, -0.15) is 0 Å². The van der Waals surface area contributed by atoms with Gasteiger partial charge in [-0.1, -0.05) is 0 Å². The summed E-state index contributed by atoms with van der Waals surface area (Å²) in [7, 11) is 0. The van der Waals surface area contributed by atoms with Crippen molar-refractivity contribution in [1.82, 2.24) is 0 Å². The van der Waals surface area contributed by atoms with Crippen LogP contribution in [0.25, 0.3) is 0 Å². The number of hydrogen-bond acceptors (Lipinski definition) is 5. The number of ether oxygens (including phenoxy) is 1. The van der Waals surface area contributed by atoms with E-state index in [1.807, 2.05) is 0 Å². The molecule has 0 radical (unpaired) electrons. The minimum absolute atomic E-state index is 0.0896. The summed E-state index contributed by atoms with van der Waals surface area (Å²) in [4.78, 5) is 19.1. The molecule has 0 aromatic carbocycles. The molecule has 0 bridgehead atoms. The fourth-order valence-corrected chi connectivity index (χ4v) is 0.224. The second kappa shape index (κ2) is 9.90. The summed E-state index contributed by atoms with van der Waals surface area (Å²) in [6, 6.07) is 0. The Morgan fingerprint density at radius 2 is 1.79 bits per heavy atom. The molecule has 4 N–H and O–H groups in total. The van der Waals surface area contributed by atoms with E-state index in [4.69, 9.17) is 20.4 Å². The maximum Gasteiger partial charge on any atom is 0.332 e. The first-order valence-electron chi connectivity index (χ1n) is 3.73. The van der Waals surface area contributed by atoms with Crippen LogP contribution in [0.2, 0.25) is 0 Å². The van der Waals surface area contributed by atoms with Crippen LogP contribution in [0.1, 0.15) is 6.92 Å². The lowest BCUT2D eigenvalue weighted by molar-refractivity contribution is -0.145. The normalized spacial score (nSPS) is 11.1. The molecule has 0 heterocycles. The van der Waals surface area contributed by atoms with Gasteiger partial charge in [-0.25, -0.2) is 9.59 Å². The summed E-state index contributed by atoms with van der Waals surface area (Å²) in [5, 5.41) is 31.8. The quantitative estimate of drug-likeness (QED) is 0.408. The van der Waals surface area contributed by atoms with Crippen LogP contribution in [0.15, 0.2) is 0 Å². The van der Waals surface area contributed by atoms with Crippen LogP contribution in [0.3, 0.4) is 0 Å². The number of hydrogen-bond donors (Lipinski definition) is 4. The van der Waals surface area contributed by atoms with Crippen LogP contribution >= 0.6 is 0 Å². The lowest BCUT2D eigenvalue weighted by Crippen LogP contribution is -2.13. The smallest absolute Gasteiger partial charge is 0.332 e. The van der Waals surface area contributed by atoms with Gasteiger partial charge in [0.2, 0.25) is 0 Å². The first-order chi connectivity index (χ1) is 6.41. The second-order valence-electron chi connectivity index (χ2n) is 2.18. The monoisotopic (exact) mass is 210 g/mol. The molecule has 0 fully saturated rings. The molecule has 7 nitrogen and oxygen atoms in total. The minimum Gasteiger partial charge on any atom is -0.480 e. The maximum absolute atomic E-state index is 9.67. The number of rotatable bonds is 5. The lowest BCUT2D eigenvalue weighted by atomic mass is 10.4.